The SMILES string of the molecule is N#Cc1ccccc1NC(=O)C1NC(=O)OC1c1ccccc1. The molecule has 114 valence electrons. The van der Waals surface area contributed by atoms with Gasteiger partial charge in [-0.15, -0.1) is 0 Å². The van der Waals surface area contributed by atoms with Gasteiger partial charge in [0.2, 0.25) is 0 Å². The van der Waals surface area contributed by atoms with E-state index < -0.39 is 24.1 Å². The maximum absolute atomic E-state index is 12.5. The lowest BCUT2D eigenvalue weighted by atomic mass is 10.0. The Morgan fingerprint density at radius 2 is 1.83 bits per heavy atom. The summed E-state index contributed by atoms with van der Waals surface area (Å²) in [7, 11) is 0. The van der Waals surface area contributed by atoms with E-state index in [2.05, 4.69) is 10.6 Å². The van der Waals surface area contributed by atoms with E-state index in [0.29, 0.717) is 11.3 Å². The van der Waals surface area contributed by atoms with Crippen LogP contribution < -0.4 is 10.6 Å². The van der Waals surface area contributed by atoms with Crippen LogP contribution in [-0.2, 0) is 9.53 Å². The molecule has 23 heavy (non-hydrogen) atoms. The van der Waals surface area contributed by atoms with Crippen LogP contribution in [-0.4, -0.2) is 18.0 Å². The van der Waals surface area contributed by atoms with Gasteiger partial charge in [-0.3, -0.25) is 4.79 Å². The Balaban J connectivity index is 1.83. The fourth-order valence-corrected chi connectivity index (χ4v) is 2.43. The number of hydrogen-bond acceptors (Lipinski definition) is 4. The molecule has 2 aromatic carbocycles. The van der Waals surface area contributed by atoms with Crippen LogP contribution in [0.25, 0.3) is 0 Å². The first-order chi connectivity index (χ1) is 11.2. The molecular weight excluding hydrogens is 294 g/mol. The quantitative estimate of drug-likeness (QED) is 0.910. The second kappa shape index (κ2) is 6.20. The topological polar surface area (TPSA) is 91.2 Å². The van der Waals surface area contributed by atoms with Gasteiger partial charge in [0.05, 0.1) is 11.3 Å². The van der Waals surface area contributed by atoms with Crippen molar-refractivity contribution >= 4 is 17.7 Å². The second-order valence-electron chi connectivity index (χ2n) is 5.01. The summed E-state index contributed by atoms with van der Waals surface area (Å²) in [6, 6.07) is 16.8. The summed E-state index contributed by atoms with van der Waals surface area (Å²) >= 11 is 0. The van der Waals surface area contributed by atoms with Crippen LogP contribution in [0.1, 0.15) is 17.2 Å². The summed E-state index contributed by atoms with van der Waals surface area (Å²) in [6.45, 7) is 0. The third-order valence-electron chi connectivity index (χ3n) is 3.53. The first kappa shape index (κ1) is 14.6. The zero-order valence-corrected chi connectivity index (χ0v) is 12.0. The molecular formula is C17H13N3O3. The van der Waals surface area contributed by atoms with Crippen molar-refractivity contribution < 1.29 is 14.3 Å². The highest BCUT2D eigenvalue weighted by molar-refractivity contribution is 5.99. The number of benzene rings is 2. The lowest BCUT2D eigenvalue weighted by Gasteiger charge is -2.17. The van der Waals surface area contributed by atoms with Crippen LogP contribution in [0.4, 0.5) is 10.5 Å². The molecule has 6 nitrogen and oxygen atoms in total. The number of anilines is 1. The first-order valence-electron chi connectivity index (χ1n) is 7.01. The smallest absolute Gasteiger partial charge is 0.408 e. The highest BCUT2D eigenvalue weighted by Gasteiger charge is 2.40. The van der Waals surface area contributed by atoms with Gasteiger partial charge in [-0.1, -0.05) is 42.5 Å². The Morgan fingerprint density at radius 1 is 1.13 bits per heavy atom. The number of rotatable bonds is 3. The Bertz CT molecular complexity index is 783. The van der Waals surface area contributed by atoms with Crippen molar-refractivity contribution in [3.8, 4) is 6.07 Å². The number of cyclic esters (lactones) is 1. The number of carbonyl (C=O) groups excluding carboxylic acids is 2. The number of amides is 2. The highest BCUT2D eigenvalue weighted by Crippen LogP contribution is 2.27. The van der Waals surface area contributed by atoms with Crippen LogP contribution in [0.3, 0.4) is 0 Å². The average molecular weight is 307 g/mol. The summed E-state index contributed by atoms with van der Waals surface area (Å²) in [4.78, 5) is 24.0. The fraction of sp³-hybridized carbons (Fsp3) is 0.118. The van der Waals surface area contributed by atoms with Crippen molar-refractivity contribution in [1.29, 1.82) is 5.26 Å². The van der Waals surface area contributed by atoms with Gasteiger partial charge in [0, 0.05) is 0 Å². The molecule has 3 rings (SSSR count). The van der Waals surface area contributed by atoms with E-state index in [1.165, 1.54) is 0 Å². The molecule has 1 saturated heterocycles. The molecule has 0 aliphatic carbocycles. The third kappa shape index (κ3) is 2.99. The largest absolute Gasteiger partial charge is 0.439 e. The van der Waals surface area contributed by atoms with E-state index in [9.17, 15) is 9.59 Å². The minimum absolute atomic E-state index is 0.349. The van der Waals surface area contributed by atoms with Crippen LogP contribution in [0.2, 0.25) is 0 Å². The maximum atomic E-state index is 12.5. The van der Waals surface area contributed by atoms with Crippen LogP contribution >= 0.6 is 0 Å². The zero-order valence-electron chi connectivity index (χ0n) is 12.0. The van der Waals surface area contributed by atoms with Gasteiger partial charge in [0.15, 0.2) is 12.1 Å². The van der Waals surface area contributed by atoms with Gasteiger partial charge >= 0.3 is 6.09 Å². The fourth-order valence-electron chi connectivity index (χ4n) is 2.43. The molecule has 2 N–H and O–H groups in total. The molecule has 0 bridgehead atoms. The highest BCUT2D eigenvalue weighted by atomic mass is 16.6. The van der Waals surface area contributed by atoms with Gasteiger partial charge in [-0.25, -0.2) is 4.79 Å². The van der Waals surface area contributed by atoms with E-state index in [1.54, 1.807) is 48.5 Å². The Hall–Kier alpha value is -3.33. The molecule has 6 heteroatoms. The number of nitriles is 1. The lowest BCUT2D eigenvalue weighted by molar-refractivity contribution is -0.119. The van der Waals surface area contributed by atoms with Gasteiger partial charge < -0.3 is 15.4 Å². The first-order valence-corrected chi connectivity index (χ1v) is 7.01. The van der Waals surface area contributed by atoms with E-state index in [0.717, 1.165) is 5.56 Å². The minimum atomic E-state index is -0.864. The van der Waals surface area contributed by atoms with E-state index in [-0.39, 0.29) is 0 Å². The van der Waals surface area contributed by atoms with Crippen molar-refractivity contribution in [3.63, 3.8) is 0 Å². The van der Waals surface area contributed by atoms with Crippen LogP contribution in [0.5, 0.6) is 0 Å². The van der Waals surface area contributed by atoms with Gasteiger partial charge in [0.1, 0.15) is 6.07 Å². The molecule has 2 atom stereocenters. The van der Waals surface area contributed by atoms with Gasteiger partial charge in [-0.2, -0.15) is 5.26 Å². The van der Waals surface area contributed by atoms with Gasteiger partial charge in [-0.05, 0) is 17.7 Å². The summed E-state index contributed by atoms with van der Waals surface area (Å²) in [6.07, 6.45) is -1.36. The summed E-state index contributed by atoms with van der Waals surface area (Å²) < 4.78 is 5.20. The van der Waals surface area contributed by atoms with Crippen LogP contribution in [0.15, 0.2) is 54.6 Å². The summed E-state index contributed by atoms with van der Waals surface area (Å²) in [5.74, 6) is -0.438. The standard InChI is InChI=1S/C17H13N3O3/c18-10-12-8-4-5-9-13(12)19-16(21)14-15(23-17(22)20-14)11-6-2-1-3-7-11/h1-9,14-15H,(H,19,21)(H,20,22). The Labute approximate surface area is 132 Å². The number of para-hydroxylation sites is 1. The molecule has 0 spiro atoms. The number of ether oxygens (including phenoxy) is 1. The molecule has 2 amide bonds. The molecule has 1 aliphatic rings. The zero-order chi connectivity index (χ0) is 16.2. The molecule has 1 fully saturated rings. The average Bonchev–Trinajstić information content (AvgIpc) is 2.98. The van der Waals surface area contributed by atoms with Crippen molar-refractivity contribution in [1.82, 2.24) is 5.32 Å². The summed E-state index contributed by atoms with van der Waals surface area (Å²) in [5.41, 5.74) is 1.47. The number of nitrogens with one attached hydrogen (secondary N) is 2. The number of alkyl carbamates (subject to hydrolysis) is 1. The molecule has 0 saturated carbocycles. The number of nitrogens with zero attached hydrogens (tertiary/aromatic N) is 1. The van der Waals surface area contributed by atoms with E-state index >= 15 is 0 Å². The predicted molar refractivity (Wildman–Crippen MR) is 82.4 cm³/mol. The molecule has 0 radical (unpaired) electrons. The van der Waals surface area contributed by atoms with Crippen molar-refractivity contribution in [2.45, 2.75) is 12.1 Å². The molecule has 1 heterocycles. The molecule has 1 aliphatic heterocycles. The normalized spacial score (nSPS) is 19.3. The predicted octanol–water partition coefficient (Wildman–Crippen LogP) is 2.35. The van der Waals surface area contributed by atoms with E-state index in [4.69, 9.17) is 10.00 Å². The second-order valence-corrected chi connectivity index (χ2v) is 5.01. The lowest BCUT2D eigenvalue weighted by Crippen LogP contribution is -2.40. The summed E-state index contributed by atoms with van der Waals surface area (Å²) in [5, 5.41) is 14.2. The molecule has 2 aromatic rings. The van der Waals surface area contributed by atoms with Crippen molar-refractivity contribution in [2.24, 2.45) is 0 Å². The monoisotopic (exact) mass is 307 g/mol. The van der Waals surface area contributed by atoms with Crippen molar-refractivity contribution in [3.05, 3.63) is 65.7 Å². The molecule has 0 aromatic heterocycles. The van der Waals surface area contributed by atoms with E-state index in [1.807, 2.05) is 12.1 Å². The van der Waals surface area contributed by atoms with Crippen molar-refractivity contribution in [2.75, 3.05) is 5.32 Å². The maximum Gasteiger partial charge on any atom is 0.408 e. The number of carbonyl (C=O) groups is 2. The minimum Gasteiger partial charge on any atom is -0.439 e. The third-order valence-corrected chi connectivity index (χ3v) is 3.53. The van der Waals surface area contributed by atoms with Gasteiger partial charge in [0.25, 0.3) is 5.91 Å². The molecule has 2 unspecified atom stereocenters. The Morgan fingerprint density at radius 3 is 2.57 bits per heavy atom. The number of hydrogen-bond donors (Lipinski definition) is 2. The Kier molecular flexibility index (Phi) is 3.93. The van der Waals surface area contributed by atoms with Crippen LogP contribution in [0, 0.1) is 11.3 Å².